The zero-order chi connectivity index (χ0) is 17.0. The third-order valence-electron chi connectivity index (χ3n) is 3.31. The van der Waals surface area contributed by atoms with Crippen molar-refractivity contribution in [3.05, 3.63) is 66.4 Å². The van der Waals surface area contributed by atoms with Crippen LogP contribution in [-0.4, -0.2) is 16.5 Å². The summed E-state index contributed by atoms with van der Waals surface area (Å²) >= 11 is 0. The van der Waals surface area contributed by atoms with Crippen molar-refractivity contribution in [1.82, 2.24) is 10.2 Å². The van der Waals surface area contributed by atoms with Crippen LogP contribution in [0.3, 0.4) is 0 Å². The molecule has 1 aromatic heterocycles. The molecule has 0 aliphatic heterocycles. The average Bonchev–Trinajstić information content (AvgIpc) is 3.02. The van der Waals surface area contributed by atoms with Crippen LogP contribution in [0.15, 0.2) is 60.8 Å². The van der Waals surface area contributed by atoms with Gasteiger partial charge < -0.3 is 4.74 Å². The van der Waals surface area contributed by atoms with Crippen molar-refractivity contribution >= 4 is 5.69 Å². The standard InChI is InChI=1S/C17H14F3N3O/c18-17(19,20)22-14-8-6-13(7-9-14)15-10-21-23-16(15)24-11-12-4-2-1-3-5-12/h1-10,22H,11H2,(H,21,23). The van der Waals surface area contributed by atoms with Crippen LogP contribution in [0.5, 0.6) is 5.88 Å². The van der Waals surface area contributed by atoms with Gasteiger partial charge in [0.15, 0.2) is 0 Å². The SMILES string of the molecule is FC(F)(F)Nc1ccc(-c2cn[nH]c2OCc2ccccc2)cc1. The Morgan fingerprint density at radius 2 is 1.71 bits per heavy atom. The molecule has 2 aromatic carbocycles. The van der Waals surface area contributed by atoms with Gasteiger partial charge in [0.1, 0.15) is 6.61 Å². The summed E-state index contributed by atoms with van der Waals surface area (Å²) < 4.78 is 42.6. The van der Waals surface area contributed by atoms with Crippen LogP contribution in [0.4, 0.5) is 18.9 Å². The molecular formula is C17H14F3N3O. The molecule has 0 spiro atoms. The van der Waals surface area contributed by atoms with Gasteiger partial charge in [0.2, 0.25) is 5.88 Å². The molecule has 0 amide bonds. The number of halogens is 3. The molecule has 3 aromatic rings. The summed E-state index contributed by atoms with van der Waals surface area (Å²) in [5.74, 6) is 0.468. The van der Waals surface area contributed by atoms with Crippen LogP contribution >= 0.6 is 0 Å². The number of hydrogen-bond acceptors (Lipinski definition) is 3. The number of ether oxygens (including phenoxy) is 1. The fourth-order valence-corrected chi connectivity index (χ4v) is 2.22. The number of anilines is 1. The quantitative estimate of drug-likeness (QED) is 0.672. The smallest absolute Gasteiger partial charge is 0.473 e. The zero-order valence-corrected chi connectivity index (χ0v) is 12.5. The van der Waals surface area contributed by atoms with Crippen LogP contribution in [0.25, 0.3) is 11.1 Å². The van der Waals surface area contributed by atoms with E-state index in [0.717, 1.165) is 5.56 Å². The lowest BCUT2D eigenvalue weighted by Gasteiger charge is -2.10. The number of aromatic amines is 1. The molecule has 4 nitrogen and oxygen atoms in total. The first-order valence-corrected chi connectivity index (χ1v) is 7.17. The maximum atomic E-state index is 12.3. The number of H-pyrrole nitrogens is 1. The molecule has 124 valence electrons. The van der Waals surface area contributed by atoms with Crippen LogP contribution in [0, 0.1) is 0 Å². The van der Waals surface area contributed by atoms with Crippen LogP contribution in [0.1, 0.15) is 5.56 Å². The Balaban J connectivity index is 1.72. The van der Waals surface area contributed by atoms with E-state index in [2.05, 4.69) is 10.2 Å². The van der Waals surface area contributed by atoms with E-state index in [9.17, 15) is 13.2 Å². The van der Waals surface area contributed by atoms with E-state index >= 15 is 0 Å². The van der Waals surface area contributed by atoms with Crippen molar-refractivity contribution < 1.29 is 17.9 Å². The van der Waals surface area contributed by atoms with Gasteiger partial charge in [0.25, 0.3) is 0 Å². The molecule has 0 saturated heterocycles. The maximum Gasteiger partial charge on any atom is 0.482 e. The van der Waals surface area contributed by atoms with E-state index in [-0.39, 0.29) is 5.69 Å². The normalized spacial score (nSPS) is 11.3. The fourth-order valence-electron chi connectivity index (χ4n) is 2.22. The molecule has 0 saturated carbocycles. The number of nitrogens with one attached hydrogen (secondary N) is 2. The lowest BCUT2D eigenvalue weighted by molar-refractivity contribution is -0.0999. The van der Waals surface area contributed by atoms with Crippen molar-refractivity contribution in [3.63, 3.8) is 0 Å². The molecule has 0 bridgehead atoms. The molecule has 0 aliphatic rings. The molecule has 7 heteroatoms. The van der Waals surface area contributed by atoms with E-state index in [0.29, 0.717) is 23.6 Å². The Hall–Kier alpha value is -2.96. The average molecular weight is 333 g/mol. The largest absolute Gasteiger partial charge is 0.482 e. The van der Waals surface area contributed by atoms with Gasteiger partial charge in [-0.25, -0.2) is 5.10 Å². The highest BCUT2D eigenvalue weighted by molar-refractivity contribution is 5.69. The summed E-state index contributed by atoms with van der Waals surface area (Å²) in [6.07, 6.45) is -2.88. The third kappa shape index (κ3) is 4.07. The van der Waals surface area contributed by atoms with Crippen molar-refractivity contribution in [2.75, 3.05) is 5.32 Å². The summed E-state index contributed by atoms with van der Waals surface area (Å²) in [4.78, 5) is 0. The minimum Gasteiger partial charge on any atom is -0.473 e. The second-order valence-electron chi connectivity index (χ2n) is 5.09. The van der Waals surface area contributed by atoms with Crippen molar-refractivity contribution in [2.24, 2.45) is 0 Å². The summed E-state index contributed by atoms with van der Waals surface area (Å²) in [5.41, 5.74) is 2.37. The van der Waals surface area contributed by atoms with E-state index in [1.54, 1.807) is 18.3 Å². The molecule has 0 atom stereocenters. The second kappa shape index (κ2) is 6.66. The third-order valence-corrected chi connectivity index (χ3v) is 3.31. The lowest BCUT2D eigenvalue weighted by atomic mass is 10.1. The van der Waals surface area contributed by atoms with Gasteiger partial charge >= 0.3 is 6.30 Å². The molecule has 0 fully saturated rings. The predicted molar refractivity (Wildman–Crippen MR) is 84.5 cm³/mol. The van der Waals surface area contributed by atoms with Crippen molar-refractivity contribution in [3.8, 4) is 17.0 Å². The number of rotatable bonds is 5. The highest BCUT2D eigenvalue weighted by Gasteiger charge is 2.26. The Kier molecular flexibility index (Phi) is 4.41. The highest BCUT2D eigenvalue weighted by atomic mass is 19.4. The molecule has 24 heavy (non-hydrogen) atoms. The summed E-state index contributed by atoms with van der Waals surface area (Å²) in [5, 5.41) is 8.17. The minimum atomic E-state index is -4.46. The van der Waals surface area contributed by atoms with E-state index in [1.807, 2.05) is 30.3 Å². The molecule has 0 radical (unpaired) electrons. The molecular weight excluding hydrogens is 319 g/mol. The van der Waals surface area contributed by atoms with Crippen LogP contribution in [-0.2, 0) is 6.61 Å². The summed E-state index contributed by atoms with van der Waals surface area (Å²) in [6, 6.07) is 15.5. The van der Waals surface area contributed by atoms with Gasteiger partial charge in [0.05, 0.1) is 11.8 Å². The lowest BCUT2D eigenvalue weighted by Crippen LogP contribution is -2.20. The van der Waals surface area contributed by atoms with Crippen molar-refractivity contribution in [1.29, 1.82) is 0 Å². The summed E-state index contributed by atoms with van der Waals surface area (Å²) in [6.45, 7) is 0.365. The first kappa shape index (κ1) is 15.9. The van der Waals surface area contributed by atoms with Crippen LogP contribution < -0.4 is 10.1 Å². The number of alkyl halides is 3. The highest BCUT2D eigenvalue weighted by Crippen LogP contribution is 2.30. The Bertz CT molecular complexity index is 783. The van der Waals surface area contributed by atoms with Gasteiger partial charge in [-0.3, -0.25) is 5.32 Å². The molecule has 1 heterocycles. The topological polar surface area (TPSA) is 49.9 Å². The Morgan fingerprint density at radius 3 is 2.38 bits per heavy atom. The van der Waals surface area contributed by atoms with E-state index in [4.69, 9.17) is 4.74 Å². The van der Waals surface area contributed by atoms with Crippen LogP contribution in [0.2, 0.25) is 0 Å². The Morgan fingerprint density at radius 1 is 1.00 bits per heavy atom. The van der Waals surface area contributed by atoms with E-state index < -0.39 is 6.30 Å². The van der Waals surface area contributed by atoms with E-state index in [1.165, 1.54) is 17.4 Å². The second-order valence-corrected chi connectivity index (χ2v) is 5.09. The van der Waals surface area contributed by atoms with Gasteiger partial charge in [-0.15, -0.1) is 0 Å². The number of aromatic nitrogens is 2. The molecule has 0 unspecified atom stereocenters. The molecule has 3 rings (SSSR count). The fraction of sp³-hybridized carbons (Fsp3) is 0.118. The zero-order valence-electron chi connectivity index (χ0n) is 12.5. The van der Waals surface area contributed by atoms with Crippen molar-refractivity contribution in [2.45, 2.75) is 12.9 Å². The van der Waals surface area contributed by atoms with Gasteiger partial charge in [-0.2, -0.15) is 18.3 Å². The number of benzene rings is 2. The maximum absolute atomic E-state index is 12.3. The number of nitrogens with zero attached hydrogens (tertiary/aromatic N) is 1. The monoisotopic (exact) mass is 333 g/mol. The first-order chi connectivity index (χ1) is 11.5. The number of hydrogen-bond donors (Lipinski definition) is 2. The Labute approximate surface area is 136 Å². The summed E-state index contributed by atoms with van der Waals surface area (Å²) in [7, 11) is 0. The van der Waals surface area contributed by atoms with Gasteiger partial charge in [-0.1, -0.05) is 42.5 Å². The van der Waals surface area contributed by atoms with Gasteiger partial charge in [-0.05, 0) is 23.3 Å². The molecule has 0 aliphatic carbocycles. The minimum absolute atomic E-state index is 0.0264. The predicted octanol–water partition coefficient (Wildman–Crippen LogP) is 4.59. The first-order valence-electron chi connectivity index (χ1n) is 7.17. The molecule has 2 N–H and O–H groups in total. The van der Waals surface area contributed by atoms with Gasteiger partial charge in [0, 0.05) is 5.69 Å².